The molecule has 1 aliphatic rings. The fourth-order valence-electron chi connectivity index (χ4n) is 4.08. The summed E-state index contributed by atoms with van der Waals surface area (Å²) in [4.78, 5) is 13.1. The van der Waals surface area contributed by atoms with Gasteiger partial charge in [-0.2, -0.15) is 0 Å². The Labute approximate surface area is 224 Å². The molecule has 3 aromatic carbocycles. The maximum atomic E-state index is 13.8. The standard InChI is InChI=1S/C29H34N2O6S/c1-29(2,3)22-10-15-26-25(18-22)31(38(33,34)24-13-11-23(35-4)12-14-24)19-27(37-26)28(32)30-16-17-36-20-21-8-6-5-7-9-21/h5-15,18,27H,16-17,19-20H2,1-4H3,(H,30,32). The molecule has 0 fully saturated rings. The number of amides is 1. The SMILES string of the molecule is COc1ccc(S(=O)(=O)N2CC(C(=O)NCCOCc3ccccc3)Oc3ccc(C(C)(C)C)cc32)cc1. The number of sulfonamides is 1. The second-order valence-corrected chi connectivity index (χ2v) is 11.9. The zero-order chi connectivity index (χ0) is 27.3. The number of methoxy groups -OCH3 is 1. The summed E-state index contributed by atoms with van der Waals surface area (Å²) in [5.74, 6) is 0.476. The van der Waals surface area contributed by atoms with Gasteiger partial charge in [-0.15, -0.1) is 0 Å². The molecule has 1 atom stereocenters. The van der Waals surface area contributed by atoms with Crippen LogP contribution in [0.4, 0.5) is 5.69 Å². The van der Waals surface area contributed by atoms with Crippen molar-refractivity contribution in [2.24, 2.45) is 0 Å². The van der Waals surface area contributed by atoms with Crippen LogP contribution in [-0.4, -0.2) is 47.2 Å². The third-order valence-electron chi connectivity index (χ3n) is 6.29. The molecule has 0 radical (unpaired) electrons. The molecular formula is C29H34N2O6S. The molecule has 0 saturated heterocycles. The summed E-state index contributed by atoms with van der Waals surface area (Å²) < 4.78 is 45.7. The van der Waals surface area contributed by atoms with Crippen molar-refractivity contribution in [1.82, 2.24) is 5.32 Å². The number of anilines is 1. The van der Waals surface area contributed by atoms with Crippen LogP contribution in [0.2, 0.25) is 0 Å². The molecule has 4 rings (SSSR count). The molecule has 1 aliphatic heterocycles. The van der Waals surface area contributed by atoms with E-state index in [0.717, 1.165) is 11.1 Å². The lowest BCUT2D eigenvalue weighted by atomic mass is 9.86. The van der Waals surface area contributed by atoms with Crippen molar-refractivity contribution in [1.29, 1.82) is 0 Å². The van der Waals surface area contributed by atoms with Crippen molar-refractivity contribution in [3.05, 3.63) is 83.9 Å². The zero-order valence-electron chi connectivity index (χ0n) is 22.1. The largest absolute Gasteiger partial charge is 0.497 e. The molecule has 9 heteroatoms. The van der Waals surface area contributed by atoms with E-state index in [1.807, 2.05) is 42.5 Å². The number of carbonyl (C=O) groups excluding carboxylic acids is 1. The summed E-state index contributed by atoms with van der Waals surface area (Å²) in [6, 6.07) is 21.4. The first-order chi connectivity index (χ1) is 18.1. The van der Waals surface area contributed by atoms with E-state index in [1.54, 1.807) is 18.2 Å². The highest BCUT2D eigenvalue weighted by molar-refractivity contribution is 7.92. The number of carbonyl (C=O) groups is 1. The minimum Gasteiger partial charge on any atom is -0.497 e. The fourth-order valence-corrected chi connectivity index (χ4v) is 5.55. The first kappa shape index (κ1) is 27.5. The Hall–Kier alpha value is -3.56. The van der Waals surface area contributed by atoms with E-state index in [9.17, 15) is 13.2 Å². The molecule has 3 aromatic rings. The van der Waals surface area contributed by atoms with Crippen LogP contribution < -0.4 is 19.1 Å². The van der Waals surface area contributed by atoms with Crippen LogP contribution in [0, 0.1) is 0 Å². The maximum absolute atomic E-state index is 13.8. The van der Waals surface area contributed by atoms with Gasteiger partial charge in [0.2, 0.25) is 0 Å². The summed E-state index contributed by atoms with van der Waals surface area (Å²) in [6.45, 7) is 7.02. The van der Waals surface area contributed by atoms with Gasteiger partial charge in [-0.25, -0.2) is 8.42 Å². The Kier molecular flexibility index (Phi) is 8.28. The summed E-state index contributed by atoms with van der Waals surface area (Å²) in [7, 11) is -2.48. The molecule has 8 nitrogen and oxygen atoms in total. The average Bonchev–Trinajstić information content (AvgIpc) is 2.91. The van der Waals surface area contributed by atoms with Crippen LogP contribution in [0.15, 0.2) is 77.7 Å². The number of rotatable bonds is 9. The molecule has 0 aromatic heterocycles. The Morgan fingerprint density at radius 1 is 1.05 bits per heavy atom. The molecule has 1 amide bonds. The van der Waals surface area contributed by atoms with E-state index in [0.29, 0.717) is 30.4 Å². The first-order valence-electron chi connectivity index (χ1n) is 12.5. The van der Waals surface area contributed by atoms with Crippen molar-refractivity contribution < 1.29 is 27.4 Å². The van der Waals surface area contributed by atoms with E-state index in [4.69, 9.17) is 14.2 Å². The van der Waals surface area contributed by atoms with Gasteiger partial charge in [0, 0.05) is 6.54 Å². The second kappa shape index (κ2) is 11.4. The number of hydrogen-bond acceptors (Lipinski definition) is 6. The highest BCUT2D eigenvalue weighted by Gasteiger charge is 2.38. The number of nitrogens with one attached hydrogen (secondary N) is 1. The molecule has 38 heavy (non-hydrogen) atoms. The lowest BCUT2D eigenvalue weighted by Crippen LogP contribution is -2.51. The third kappa shape index (κ3) is 6.28. The number of benzene rings is 3. The van der Waals surface area contributed by atoms with Crippen LogP contribution in [0.3, 0.4) is 0 Å². The molecule has 1 N–H and O–H groups in total. The second-order valence-electron chi connectivity index (χ2n) is 10.1. The normalized spacial score (nSPS) is 15.4. The van der Waals surface area contributed by atoms with Crippen molar-refractivity contribution in [2.75, 3.05) is 31.1 Å². The van der Waals surface area contributed by atoms with E-state index in [1.165, 1.54) is 23.5 Å². The smallest absolute Gasteiger partial charge is 0.264 e. The first-order valence-corrected chi connectivity index (χ1v) is 13.9. The number of nitrogens with zero attached hydrogens (tertiary/aromatic N) is 1. The molecule has 0 saturated carbocycles. The van der Waals surface area contributed by atoms with Gasteiger partial charge in [-0.05, 0) is 52.9 Å². The van der Waals surface area contributed by atoms with Crippen molar-refractivity contribution in [3.63, 3.8) is 0 Å². The lowest BCUT2D eigenvalue weighted by molar-refractivity contribution is -0.128. The highest BCUT2D eigenvalue weighted by Crippen LogP contribution is 2.40. The van der Waals surface area contributed by atoms with Crippen LogP contribution >= 0.6 is 0 Å². The number of hydrogen-bond donors (Lipinski definition) is 1. The summed E-state index contributed by atoms with van der Waals surface area (Å²) >= 11 is 0. The lowest BCUT2D eigenvalue weighted by Gasteiger charge is -2.36. The Morgan fingerprint density at radius 3 is 2.42 bits per heavy atom. The van der Waals surface area contributed by atoms with Gasteiger partial charge in [0.05, 0.1) is 37.5 Å². The third-order valence-corrected chi connectivity index (χ3v) is 8.09. The topological polar surface area (TPSA) is 94.2 Å². The highest BCUT2D eigenvalue weighted by atomic mass is 32.2. The number of fused-ring (bicyclic) bond motifs is 1. The molecule has 0 bridgehead atoms. The van der Waals surface area contributed by atoms with Crippen molar-refractivity contribution >= 4 is 21.6 Å². The summed E-state index contributed by atoms with van der Waals surface area (Å²) in [5, 5.41) is 2.80. The van der Waals surface area contributed by atoms with E-state index >= 15 is 0 Å². The molecular weight excluding hydrogens is 504 g/mol. The van der Waals surface area contributed by atoms with Crippen LogP contribution in [0.5, 0.6) is 11.5 Å². The Balaban J connectivity index is 1.52. The summed E-state index contributed by atoms with van der Waals surface area (Å²) in [6.07, 6.45) is -1.02. The van der Waals surface area contributed by atoms with Crippen molar-refractivity contribution in [2.45, 2.75) is 43.8 Å². The van der Waals surface area contributed by atoms with E-state index in [2.05, 4.69) is 26.1 Å². The molecule has 1 heterocycles. The van der Waals surface area contributed by atoms with Gasteiger partial charge in [-0.3, -0.25) is 9.10 Å². The van der Waals surface area contributed by atoms with Gasteiger partial charge < -0.3 is 19.5 Å². The van der Waals surface area contributed by atoms with Crippen molar-refractivity contribution in [3.8, 4) is 11.5 Å². The predicted molar refractivity (Wildman–Crippen MR) is 146 cm³/mol. The molecule has 1 unspecified atom stereocenters. The molecule has 202 valence electrons. The van der Waals surface area contributed by atoms with Gasteiger partial charge in [0.15, 0.2) is 6.10 Å². The van der Waals surface area contributed by atoms with Gasteiger partial charge in [0.1, 0.15) is 11.5 Å². The monoisotopic (exact) mass is 538 g/mol. The zero-order valence-corrected chi connectivity index (χ0v) is 23.0. The predicted octanol–water partition coefficient (Wildman–Crippen LogP) is 4.28. The van der Waals surface area contributed by atoms with Crippen LogP contribution in [0.1, 0.15) is 31.9 Å². The van der Waals surface area contributed by atoms with Crippen LogP contribution in [-0.2, 0) is 31.6 Å². The van der Waals surface area contributed by atoms with Gasteiger partial charge in [-0.1, -0.05) is 57.2 Å². The van der Waals surface area contributed by atoms with Crippen LogP contribution in [0.25, 0.3) is 0 Å². The average molecular weight is 539 g/mol. The van der Waals surface area contributed by atoms with Gasteiger partial charge in [0.25, 0.3) is 15.9 Å². The summed E-state index contributed by atoms with van der Waals surface area (Å²) in [5.41, 5.74) is 2.19. The molecule has 0 aliphatic carbocycles. The van der Waals surface area contributed by atoms with E-state index < -0.39 is 22.0 Å². The maximum Gasteiger partial charge on any atom is 0.264 e. The van der Waals surface area contributed by atoms with E-state index in [-0.39, 0.29) is 23.4 Å². The molecule has 0 spiro atoms. The van der Waals surface area contributed by atoms with Gasteiger partial charge >= 0.3 is 0 Å². The number of ether oxygens (including phenoxy) is 3. The minimum atomic E-state index is -4.00. The fraction of sp³-hybridized carbons (Fsp3) is 0.345. The Morgan fingerprint density at radius 2 is 1.76 bits per heavy atom. The minimum absolute atomic E-state index is 0.0979. The quantitative estimate of drug-likeness (QED) is 0.409. The Bertz CT molecular complexity index is 1350.